The number of amides is 1. The molecule has 0 saturated heterocycles. The van der Waals surface area contributed by atoms with Gasteiger partial charge in [-0.1, -0.05) is 24.7 Å². The first-order valence-electron chi connectivity index (χ1n) is 7.10. The van der Waals surface area contributed by atoms with Crippen LogP contribution in [0.5, 0.6) is 0 Å². The molecule has 0 atom stereocenters. The average molecular weight is 285 g/mol. The van der Waals surface area contributed by atoms with Gasteiger partial charge in [0.2, 0.25) is 0 Å². The Morgan fingerprint density at radius 3 is 2.40 bits per heavy atom. The van der Waals surface area contributed by atoms with Crippen LogP contribution in [0.25, 0.3) is 0 Å². The Labute approximate surface area is 119 Å². The van der Waals surface area contributed by atoms with E-state index in [2.05, 4.69) is 5.43 Å². The number of hydrogen-bond acceptors (Lipinski definition) is 3. The van der Waals surface area contributed by atoms with Crippen LogP contribution < -0.4 is 5.43 Å². The third-order valence-corrected chi connectivity index (χ3v) is 3.08. The maximum absolute atomic E-state index is 11.7. The van der Waals surface area contributed by atoms with E-state index >= 15 is 0 Å². The third-order valence-electron chi connectivity index (χ3n) is 3.08. The second-order valence-corrected chi connectivity index (χ2v) is 6.24. The molecular weight excluding hydrogens is 260 g/mol. The Hall–Kier alpha value is -1.59. The summed E-state index contributed by atoms with van der Waals surface area (Å²) in [5, 5.41) is 8.87. The molecule has 0 bridgehead atoms. The fourth-order valence-electron chi connectivity index (χ4n) is 2.33. The number of nitrogens with one attached hydrogen (secondary N) is 1. The summed E-state index contributed by atoms with van der Waals surface area (Å²) in [6, 6.07) is 0. The van der Waals surface area contributed by atoms with E-state index in [9.17, 15) is 9.59 Å². The molecule has 1 aliphatic rings. The van der Waals surface area contributed by atoms with Gasteiger partial charge < -0.3 is 9.84 Å². The van der Waals surface area contributed by atoms with Gasteiger partial charge in [-0.2, -0.15) is 0 Å². The van der Waals surface area contributed by atoms with Gasteiger partial charge in [0.25, 0.3) is 6.21 Å². The molecule has 0 aromatic carbocycles. The standard InChI is InChI=1S/C14H24N2O4/c1-14(2,3)20-13(19)15-16(10-12(17)18)9-11-7-5-4-6-8-11/h10-11H,4-9H2,1-3H3,(H-,15,17,18,19)/p+1/b16-10+. The Morgan fingerprint density at radius 1 is 1.30 bits per heavy atom. The zero-order valence-corrected chi connectivity index (χ0v) is 12.5. The maximum atomic E-state index is 11.7. The molecule has 0 heterocycles. The molecule has 20 heavy (non-hydrogen) atoms. The smallest absolute Gasteiger partial charge is 0.461 e. The highest BCUT2D eigenvalue weighted by Crippen LogP contribution is 2.23. The Kier molecular flexibility index (Phi) is 5.98. The summed E-state index contributed by atoms with van der Waals surface area (Å²) in [5.74, 6) is -0.675. The molecule has 1 rings (SSSR count). The van der Waals surface area contributed by atoms with Crippen LogP contribution in [-0.2, 0) is 9.53 Å². The molecule has 1 saturated carbocycles. The normalized spacial score (nSPS) is 17.6. The van der Waals surface area contributed by atoms with Crippen LogP contribution >= 0.6 is 0 Å². The number of carboxylic acids is 1. The van der Waals surface area contributed by atoms with Crippen molar-refractivity contribution in [1.29, 1.82) is 0 Å². The molecule has 0 radical (unpaired) electrons. The molecule has 114 valence electrons. The van der Waals surface area contributed by atoms with Gasteiger partial charge in [0.15, 0.2) is 6.54 Å². The van der Waals surface area contributed by atoms with Crippen LogP contribution in [0.15, 0.2) is 0 Å². The lowest BCUT2D eigenvalue weighted by molar-refractivity contribution is -0.577. The molecule has 6 nitrogen and oxygen atoms in total. The number of ether oxygens (including phenoxy) is 1. The molecule has 0 spiro atoms. The Morgan fingerprint density at radius 2 is 1.90 bits per heavy atom. The minimum atomic E-state index is -1.09. The lowest BCUT2D eigenvalue weighted by atomic mass is 9.89. The summed E-state index contributed by atoms with van der Waals surface area (Å²) in [6.07, 6.45) is 6.05. The zero-order valence-electron chi connectivity index (χ0n) is 12.5. The van der Waals surface area contributed by atoms with Crippen molar-refractivity contribution in [1.82, 2.24) is 5.43 Å². The number of hydrogen-bond donors (Lipinski definition) is 2. The van der Waals surface area contributed by atoms with Crippen LogP contribution in [0.4, 0.5) is 4.79 Å². The number of hydrazone groups is 1. The van der Waals surface area contributed by atoms with E-state index in [0.717, 1.165) is 31.9 Å². The number of hydrazine groups is 1. The summed E-state index contributed by atoms with van der Waals surface area (Å²) in [7, 11) is 0. The van der Waals surface area contributed by atoms with E-state index < -0.39 is 17.7 Å². The van der Waals surface area contributed by atoms with Gasteiger partial charge in [0, 0.05) is 5.92 Å². The molecule has 1 aliphatic carbocycles. The van der Waals surface area contributed by atoms with Crippen LogP contribution in [0.3, 0.4) is 0 Å². The van der Waals surface area contributed by atoms with Crippen molar-refractivity contribution in [2.24, 2.45) is 5.92 Å². The van der Waals surface area contributed by atoms with Crippen LogP contribution in [0.2, 0.25) is 0 Å². The van der Waals surface area contributed by atoms with Crippen molar-refractivity contribution in [2.45, 2.75) is 58.5 Å². The SMILES string of the molecule is CC(C)(C)OC(=O)N/[N+](=C/C(=O)O)CC1CCCCC1. The lowest BCUT2D eigenvalue weighted by Crippen LogP contribution is -2.42. The van der Waals surface area contributed by atoms with Gasteiger partial charge >= 0.3 is 12.1 Å². The average Bonchev–Trinajstić information content (AvgIpc) is 2.26. The second kappa shape index (κ2) is 7.26. The summed E-state index contributed by atoms with van der Waals surface area (Å²) in [4.78, 5) is 22.5. The Balaban J connectivity index is 2.60. The van der Waals surface area contributed by atoms with Gasteiger partial charge in [0.1, 0.15) is 5.60 Å². The van der Waals surface area contributed by atoms with E-state index in [4.69, 9.17) is 9.84 Å². The number of carbonyl (C=O) groups excluding carboxylic acids is 1. The van der Waals surface area contributed by atoms with Crippen molar-refractivity contribution in [2.75, 3.05) is 6.54 Å². The molecule has 1 amide bonds. The summed E-state index contributed by atoms with van der Waals surface area (Å²) >= 11 is 0. The topological polar surface area (TPSA) is 78.6 Å². The summed E-state index contributed by atoms with van der Waals surface area (Å²) in [5.41, 5.74) is 1.88. The fourth-order valence-corrected chi connectivity index (χ4v) is 2.33. The van der Waals surface area contributed by atoms with E-state index in [1.165, 1.54) is 11.1 Å². The van der Waals surface area contributed by atoms with Gasteiger partial charge in [-0.25, -0.2) is 9.59 Å². The first-order valence-corrected chi connectivity index (χ1v) is 7.10. The molecule has 0 unspecified atom stereocenters. The van der Waals surface area contributed by atoms with Gasteiger partial charge in [-0.3, -0.25) is 0 Å². The first-order chi connectivity index (χ1) is 9.26. The molecule has 0 aliphatic heterocycles. The van der Waals surface area contributed by atoms with Crippen LogP contribution in [-0.4, -0.2) is 40.2 Å². The highest BCUT2D eigenvalue weighted by atomic mass is 16.6. The van der Waals surface area contributed by atoms with Gasteiger partial charge in [-0.05, 0) is 33.6 Å². The minimum absolute atomic E-state index is 0.411. The highest BCUT2D eigenvalue weighted by molar-refractivity contribution is 6.19. The third kappa shape index (κ3) is 7.11. The highest BCUT2D eigenvalue weighted by Gasteiger charge is 2.24. The van der Waals surface area contributed by atoms with Crippen molar-refractivity contribution in [3.8, 4) is 0 Å². The molecule has 6 heteroatoms. The molecule has 2 N–H and O–H groups in total. The summed E-state index contributed by atoms with van der Waals surface area (Å²) in [6.45, 7) is 5.79. The van der Waals surface area contributed by atoms with Crippen molar-refractivity contribution in [3.63, 3.8) is 0 Å². The maximum Gasteiger partial charge on any atom is 0.461 e. The number of carbonyl (C=O) groups is 2. The second-order valence-electron chi connectivity index (χ2n) is 6.24. The van der Waals surface area contributed by atoms with E-state index in [-0.39, 0.29) is 0 Å². The largest absolute Gasteiger partial charge is 0.474 e. The molecule has 0 aromatic heterocycles. The van der Waals surface area contributed by atoms with Gasteiger partial charge in [-0.15, -0.1) is 4.68 Å². The summed E-state index contributed by atoms with van der Waals surface area (Å²) < 4.78 is 6.46. The fraction of sp³-hybridized carbons (Fsp3) is 0.786. The van der Waals surface area contributed by atoms with Crippen LogP contribution in [0.1, 0.15) is 52.9 Å². The zero-order chi connectivity index (χ0) is 15.2. The van der Waals surface area contributed by atoms with E-state index in [1.807, 2.05) is 0 Å². The number of rotatable bonds is 4. The van der Waals surface area contributed by atoms with Crippen molar-refractivity contribution >= 4 is 18.3 Å². The molecule has 0 aromatic rings. The number of nitrogens with zero attached hydrogens (tertiary/aromatic N) is 1. The van der Waals surface area contributed by atoms with Crippen molar-refractivity contribution < 1.29 is 24.1 Å². The predicted octanol–water partition coefficient (Wildman–Crippen LogP) is 2.17. The van der Waals surface area contributed by atoms with Crippen molar-refractivity contribution in [3.05, 3.63) is 0 Å². The van der Waals surface area contributed by atoms with E-state index in [1.54, 1.807) is 20.8 Å². The predicted molar refractivity (Wildman–Crippen MR) is 74.8 cm³/mol. The minimum Gasteiger partial charge on any atom is -0.474 e. The van der Waals surface area contributed by atoms with Crippen LogP contribution in [0, 0.1) is 5.92 Å². The van der Waals surface area contributed by atoms with E-state index in [0.29, 0.717) is 12.5 Å². The number of aliphatic carboxylic acids is 1. The number of carboxylic acid groups (broad SMARTS) is 1. The van der Waals surface area contributed by atoms with Gasteiger partial charge in [0.05, 0.1) is 0 Å². The lowest BCUT2D eigenvalue weighted by Gasteiger charge is -2.21. The molecule has 1 fully saturated rings. The first kappa shape index (κ1) is 16.5. The monoisotopic (exact) mass is 285 g/mol. The Bertz CT molecular complexity index is 379. The molecular formula is C14H25N2O4+. The quantitative estimate of drug-likeness (QED) is 0.471.